The third kappa shape index (κ3) is 4.23. The molecule has 0 fully saturated rings. The van der Waals surface area contributed by atoms with Gasteiger partial charge < -0.3 is 10.2 Å². The number of carbonyl (C=O) groups is 2. The highest BCUT2D eigenvalue weighted by atomic mass is 16.2. The number of aromatic nitrogens is 2. The van der Waals surface area contributed by atoms with Crippen LogP contribution in [-0.2, 0) is 4.79 Å². The average molecular weight is 402 g/mol. The number of amides is 2. The maximum absolute atomic E-state index is 13.1. The van der Waals surface area contributed by atoms with E-state index in [1.165, 1.54) is 16.6 Å². The van der Waals surface area contributed by atoms with Crippen LogP contribution >= 0.6 is 0 Å². The molecule has 3 aromatic rings. The molecular formula is C23H22N4O3. The van der Waals surface area contributed by atoms with E-state index in [4.69, 9.17) is 6.42 Å². The number of carbonyl (C=O) groups excluding carboxylic acids is 2. The Labute approximate surface area is 174 Å². The van der Waals surface area contributed by atoms with Gasteiger partial charge in [-0.2, -0.15) is 5.10 Å². The van der Waals surface area contributed by atoms with E-state index in [1.807, 2.05) is 13.8 Å². The van der Waals surface area contributed by atoms with E-state index in [-0.39, 0.29) is 29.7 Å². The van der Waals surface area contributed by atoms with Gasteiger partial charge in [-0.05, 0) is 38.1 Å². The minimum absolute atomic E-state index is 0.128. The second kappa shape index (κ2) is 8.62. The van der Waals surface area contributed by atoms with E-state index in [0.29, 0.717) is 22.0 Å². The summed E-state index contributed by atoms with van der Waals surface area (Å²) in [6.07, 6.45) is 5.38. The number of benzene rings is 2. The van der Waals surface area contributed by atoms with Gasteiger partial charge in [0.1, 0.15) is 0 Å². The van der Waals surface area contributed by atoms with Gasteiger partial charge in [0.05, 0.1) is 18.0 Å². The van der Waals surface area contributed by atoms with Gasteiger partial charge in [0.25, 0.3) is 11.5 Å². The van der Waals surface area contributed by atoms with Crippen LogP contribution in [0.5, 0.6) is 0 Å². The summed E-state index contributed by atoms with van der Waals surface area (Å²) in [5, 5.41) is 7.89. The Morgan fingerprint density at radius 1 is 1.17 bits per heavy atom. The van der Waals surface area contributed by atoms with Crippen LogP contribution in [0.2, 0.25) is 0 Å². The number of hydrogen-bond donors (Lipinski definition) is 1. The summed E-state index contributed by atoms with van der Waals surface area (Å²) in [6.45, 7) is 3.45. The van der Waals surface area contributed by atoms with Crippen LogP contribution in [0.3, 0.4) is 0 Å². The van der Waals surface area contributed by atoms with Crippen molar-refractivity contribution in [2.24, 2.45) is 0 Å². The standard InChI is InChI=1S/C23H22N4O3/c1-5-16-9-8-10-17(13-16)24-20(28)14-26(4)23(30)21-18-11-6-7-12-19(18)22(29)27(25-21)15(2)3/h1,6-13,15H,14H2,2-4H3,(H,24,28). The Hall–Kier alpha value is -3.92. The molecule has 0 bridgehead atoms. The highest BCUT2D eigenvalue weighted by Gasteiger charge is 2.22. The third-order valence-corrected chi connectivity index (χ3v) is 4.56. The monoisotopic (exact) mass is 402 g/mol. The molecule has 1 heterocycles. The first kappa shape index (κ1) is 20.8. The van der Waals surface area contributed by atoms with Crippen LogP contribution in [0, 0.1) is 12.3 Å². The van der Waals surface area contributed by atoms with Gasteiger partial charge in [0.15, 0.2) is 5.69 Å². The molecule has 0 unspecified atom stereocenters. The lowest BCUT2D eigenvalue weighted by atomic mass is 10.1. The Morgan fingerprint density at radius 2 is 1.87 bits per heavy atom. The first-order chi connectivity index (χ1) is 14.3. The summed E-state index contributed by atoms with van der Waals surface area (Å²) < 4.78 is 1.29. The van der Waals surface area contributed by atoms with E-state index in [9.17, 15) is 14.4 Å². The van der Waals surface area contributed by atoms with Crippen LogP contribution < -0.4 is 10.9 Å². The molecule has 1 N–H and O–H groups in total. The molecule has 0 aliphatic rings. The van der Waals surface area contributed by atoms with E-state index in [1.54, 1.807) is 48.5 Å². The Morgan fingerprint density at radius 3 is 2.53 bits per heavy atom. The van der Waals surface area contributed by atoms with Crippen LogP contribution in [0.15, 0.2) is 53.3 Å². The molecule has 2 aromatic carbocycles. The Bertz CT molecular complexity index is 1220. The average Bonchev–Trinajstić information content (AvgIpc) is 2.73. The van der Waals surface area contributed by atoms with Crippen molar-refractivity contribution in [2.75, 3.05) is 18.9 Å². The van der Waals surface area contributed by atoms with Crippen molar-refractivity contribution >= 4 is 28.3 Å². The summed E-state index contributed by atoms with van der Waals surface area (Å²) >= 11 is 0. The zero-order chi connectivity index (χ0) is 21.8. The topological polar surface area (TPSA) is 84.3 Å². The summed E-state index contributed by atoms with van der Waals surface area (Å²) in [5.41, 5.74) is 1.06. The minimum atomic E-state index is -0.451. The van der Waals surface area contributed by atoms with Gasteiger partial charge in [-0.15, -0.1) is 6.42 Å². The van der Waals surface area contributed by atoms with Crippen molar-refractivity contribution in [3.63, 3.8) is 0 Å². The van der Waals surface area contributed by atoms with Gasteiger partial charge in [-0.3, -0.25) is 14.4 Å². The lowest BCUT2D eigenvalue weighted by Gasteiger charge is -2.19. The summed E-state index contributed by atoms with van der Waals surface area (Å²) in [4.78, 5) is 39.4. The van der Waals surface area contributed by atoms with Gasteiger partial charge in [-0.25, -0.2) is 4.68 Å². The normalized spacial score (nSPS) is 10.6. The predicted molar refractivity (Wildman–Crippen MR) is 116 cm³/mol. The van der Waals surface area contributed by atoms with Crippen molar-refractivity contribution in [1.82, 2.24) is 14.7 Å². The van der Waals surface area contributed by atoms with Crippen LogP contribution in [-0.4, -0.2) is 40.1 Å². The van der Waals surface area contributed by atoms with E-state index in [2.05, 4.69) is 16.3 Å². The van der Waals surface area contributed by atoms with Crippen molar-refractivity contribution in [1.29, 1.82) is 0 Å². The molecule has 30 heavy (non-hydrogen) atoms. The van der Waals surface area contributed by atoms with Crippen LogP contribution in [0.25, 0.3) is 10.8 Å². The highest BCUT2D eigenvalue weighted by Crippen LogP contribution is 2.16. The lowest BCUT2D eigenvalue weighted by molar-refractivity contribution is -0.116. The molecule has 7 heteroatoms. The molecular weight excluding hydrogens is 380 g/mol. The van der Waals surface area contributed by atoms with Gasteiger partial charge in [-0.1, -0.05) is 30.2 Å². The van der Waals surface area contributed by atoms with Crippen LogP contribution in [0.1, 0.15) is 35.9 Å². The molecule has 0 spiro atoms. The molecule has 0 saturated heterocycles. The molecule has 2 amide bonds. The molecule has 1 aromatic heterocycles. The van der Waals surface area contributed by atoms with Gasteiger partial charge >= 0.3 is 0 Å². The number of hydrogen-bond acceptors (Lipinski definition) is 4. The number of anilines is 1. The number of rotatable bonds is 5. The fourth-order valence-electron chi connectivity index (χ4n) is 3.07. The first-order valence-corrected chi connectivity index (χ1v) is 9.45. The number of fused-ring (bicyclic) bond motifs is 1. The molecule has 0 radical (unpaired) electrons. The molecule has 0 aliphatic carbocycles. The fraction of sp³-hybridized carbons (Fsp3) is 0.217. The zero-order valence-electron chi connectivity index (χ0n) is 17.0. The largest absolute Gasteiger partial charge is 0.331 e. The fourth-order valence-corrected chi connectivity index (χ4v) is 3.07. The summed E-state index contributed by atoms with van der Waals surface area (Å²) in [6, 6.07) is 13.5. The van der Waals surface area contributed by atoms with E-state index in [0.717, 1.165) is 0 Å². The van der Waals surface area contributed by atoms with Crippen LogP contribution in [0.4, 0.5) is 5.69 Å². The zero-order valence-corrected chi connectivity index (χ0v) is 17.0. The number of likely N-dealkylation sites (N-methyl/N-ethyl adjacent to an activating group) is 1. The molecule has 0 aliphatic heterocycles. The third-order valence-electron chi connectivity index (χ3n) is 4.56. The highest BCUT2D eigenvalue weighted by molar-refractivity contribution is 6.06. The Kier molecular flexibility index (Phi) is 5.98. The van der Waals surface area contributed by atoms with Crippen molar-refractivity contribution in [2.45, 2.75) is 19.9 Å². The van der Waals surface area contributed by atoms with Crippen molar-refractivity contribution in [3.05, 3.63) is 70.1 Å². The molecule has 7 nitrogen and oxygen atoms in total. The second-order valence-electron chi connectivity index (χ2n) is 7.17. The number of nitrogens with zero attached hydrogens (tertiary/aromatic N) is 3. The quantitative estimate of drug-likeness (QED) is 0.665. The van der Waals surface area contributed by atoms with E-state index >= 15 is 0 Å². The van der Waals surface area contributed by atoms with Crippen molar-refractivity contribution in [3.8, 4) is 12.3 Å². The minimum Gasteiger partial charge on any atom is -0.331 e. The van der Waals surface area contributed by atoms with E-state index < -0.39 is 5.91 Å². The smallest absolute Gasteiger partial charge is 0.275 e. The molecule has 152 valence electrons. The SMILES string of the molecule is C#Cc1cccc(NC(=O)CN(C)C(=O)c2nn(C(C)C)c(=O)c3ccccc23)c1. The number of nitrogens with one attached hydrogen (secondary N) is 1. The molecule has 0 atom stereocenters. The summed E-state index contributed by atoms with van der Waals surface area (Å²) in [5.74, 6) is 1.68. The van der Waals surface area contributed by atoms with Gasteiger partial charge in [0.2, 0.25) is 5.91 Å². The molecule has 3 rings (SSSR count). The Balaban J connectivity index is 1.86. The van der Waals surface area contributed by atoms with Crippen molar-refractivity contribution < 1.29 is 9.59 Å². The maximum Gasteiger partial charge on any atom is 0.275 e. The van der Waals surface area contributed by atoms with Gasteiger partial charge in [0, 0.05) is 23.7 Å². The molecule has 0 saturated carbocycles. The lowest BCUT2D eigenvalue weighted by Crippen LogP contribution is -2.37. The second-order valence-corrected chi connectivity index (χ2v) is 7.17. The summed E-state index contributed by atoms with van der Waals surface area (Å²) in [7, 11) is 1.51. The first-order valence-electron chi connectivity index (χ1n) is 9.45. The predicted octanol–water partition coefficient (Wildman–Crippen LogP) is 2.67. The number of terminal acetylenes is 1. The maximum atomic E-state index is 13.1.